The second-order valence-corrected chi connectivity index (χ2v) is 6.99. The van der Waals surface area contributed by atoms with Crippen molar-refractivity contribution in [3.8, 4) is 0 Å². The highest BCUT2D eigenvalue weighted by atomic mass is 35.5. The van der Waals surface area contributed by atoms with Crippen molar-refractivity contribution in [3.05, 3.63) is 47.2 Å². The summed E-state index contributed by atoms with van der Waals surface area (Å²) in [6.45, 7) is 1.89. The van der Waals surface area contributed by atoms with Crippen molar-refractivity contribution >= 4 is 29.1 Å². The highest BCUT2D eigenvalue weighted by Gasteiger charge is 2.38. The number of aromatic amines is 1. The summed E-state index contributed by atoms with van der Waals surface area (Å²) >= 11 is 5.94. The van der Waals surface area contributed by atoms with Crippen LogP contribution < -0.4 is 4.90 Å². The molecule has 2 fully saturated rings. The molecule has 2 saturated heterocycles. The van der Waals surface area contributed by atoms with Crippen molar-refractivity contribution in [3.63, 3.8) is 0 Å². The fraction of sp³-hybridized carbons (Fsp3) is 0.389. The van der Waals surface area contributed by atoms with Crippen LogP contribution in [0.25, 0.3) is 0 Å². The number of nitrogens with one attached hydrogen (secondary N) is 1. The number of H-pyrrole nitrogens is 1. The predicted octanol–water partition coefficient (Wildman–Crippen LogP) is 2.02. The number of ether oxygens (including phenoxy) is 1. The number of hydrogen-bond acceptors (Lipinski definition) is 4. The molecule has 7 nitrogen and oxygen atoms in total. The van der Waals surface area contributed by atoms with Gasteiger partial charge in [-0.1, -0.05) is 23.7 Å². The highest BCUT2D eigenvalue weighted by molar-refractivity contribution is 6.30. The van der Waals surface area contributed by atoms with E-state index in [-0.39, 0.29) is 30.3 Å². The van der Waals surface area contributed by atoms with E-state index in [0.717, 1.165) is 5.56 Å². The van der Waals surface area contributed by atoms with Gasteiger partial charge in [0, 0.05) is 30.7 Å². The average Bonchev–Trinajstić information content (AvgIpc) is 3.31. The molecule has 0 unspecified atom stereocenters. The van der Waals surface area contributed by atoms with Gasteiger partial charge in [-0.3, -0.25) is 14.7 Å². The normalized spacial score (nSPS) is 23.5. The van der Waals surface area contributed by atoms with Crippen molar-refractivity contribution < 1.29 is 14.3 Å². The van der Waals surface area contributed by atoms with Crippen LogP contribution in [0.2, 0.25) is 5.02 Å². The summed E-state index contributed by atoms with van der Waals surface area (Å²) in [7, 11) is 0. The summed E-state index contributed by atoms with van der Waals surface area (Å²) in [4.78, 5) is 28.6. The fourth-order valence-corrected chi connectivity index (χ4v) is 3.63. The molecule has 2 amide bonds. The first kappa shape index (κ1) is 17.1. The maximum atomic E-state index is 12.9. The Morgan fingerprint density at radius 2 is 2.08 bits per heavy atom. The lowest BCUT2D eigenvalue weighted by atomic mass is 10.0. The molecule has 8 heteroatoms. The number of aromatic nitrogens is 2. The van der Waals surface area contributed by atoms with E-state index in [1.807, 2.05) is 24.3 Å². The molecule has 1 N–H and O–H groups in total. The number of morpholine rings is 1. The number of nitrogens with zero attached hydrogens (tertiary/aromatic N) is 3. The van der Waals surface area contributed by atoms with E-state index in [2.05, 4.69) is 10.2 Å². The smallest absolute Gasteiger partial charge is 0.228 e. The summed E-state index contributed by atoms with van der Waals surface area (Å²) < 4.78 is 5.82. The van der Waals surface area contributed by atoms with Crippen molar-refractivity contribution in [2.75, 3.05) is 31.1 Å². The zero-order chi connectivity index (χ0) is 18.1. The van der Waals surface area contributed by atoms with Gasteiger partial charge in [0.2, 0.25) is 11.8 Å². The highest BCUT2D eigenvalue weighted by Crippen LogP contribution is 2.28. The van der Waals surface area contributed by atoms with E-state index in [1.54, 1.807) is 22.2 Å². The molecule has 0 aliphatic carbocycles. The molecular weight excluding hydrogens is 356 g/mol. The fourth-order valence-electron chi connectivity index (χ4n) is 3.50. The molecule has 4 rings (SSSR count). The lowest BCUT2D eigenvalue weighted by molar-refractivity contribution is -0.143. The van der Waals surface area contributed by atoms with Crippen LogP contribution in [0.4, 0.5) is 5.69 Å². The summed E-state index contributed by atoms with van der Waals surface area (Å²) in [5, 5.41) is 7.24. The zero-order valence-corrected chi connectivity index (χ0v) is 14.9. The van der Waals surface area contributed by atoms with Crippen LogP contribution in [0.3, 0.4) is 0 Å². The quantitative estimate of drug-likeness (QED) is 0.891. The number of carbonyl (C=O) groups excluding carboxylic acids is 2. The van der Waals surface area contributed by atoms with Gasteiger partial charge in [-0.2, -0.15) is 5.10 Å². The average molecular weight is 375 g/mol. The SMILES string of the molecule is O=C([C@H]1CC(=O)N(c2cn[nH]c2)C1)N1CCO[C@@H](c2ccc(Cl)cc2)C1. The minimum atomic E-state index is -0.332. The van der Waals surface area contributed by atoms with Crippen molar-refractivity contribution in [1.82, 2.24) is 15.1 Å². The molecule has 2 aliphatic rings. The summed E-state index contributed by atoms with van der Waals surface area (Å²) in [6, 6.07) is 7.47. The van der Waals surface area contributed by atoms with Crippen molar-refractivity contribution in [2.45, 2.75) is 12.5 Å². The van der Waals surface area contributed by atoms with Gasteiger partial charge in [0.1, 0.15) is 6.10 Å². The zero-order valence-electron chi connectivity index (χ0n) is 14.1. The lowest BCUT2D eigenvalue weighted by Crippen LogP contribution is -2.45. The minimum Gasteiger partial charge on any atom is -0.370 e. The molecule has 0 spiro atoms. The number of amides is 2. The Bertz CT molecular complexity index is 793. The standard InChI is InChI=1S/C18H19ClN4O3/c19-14-3-1-12(2-4-14)16-11-22(5-6-26-16)18(25)13-7-17(24)23(10-13)15-8-20-21-9-15/h1-4,8-9,13,16H,5-7,10-11H2,(H,20,21)/t13-,16+/m0/s1. The van der Waals surface area contributed by atoms with Gasteiger partial charge in [-0.15, -0.1) is 0 Å². The second kappa shape index (κ2) is 7.09. The molecule has 136 valence electrons. The predicted molar refractivity (Wildman–Crippen MR) is 95.8 cm³/mol. The number of halogens is 1. The van der Waals surface area contributed by atoms with Crippen LogP contribution in [0.5, 0.6) is 0 Å². The second-order valence-electron chi connectivity index (χ2n) is 6.56. The van der Waals surface area contributed by atoms with Crippen molar-refractivity contribution in [1.29, 1.82) is 0 Å². The van der Waals surface area contributed by atoms with E-state index in [4.69, 9.17) is 16.3 Å². The van der Waals surface area contributed by atoms with Gasteiger partial charge in [-0.05, 0) is 17.7 Å². The number of anilines is 1. The topological polar surface area (TPSA) is 78.5 Å². The van der Waals surface area contributed by atoms with Gasteiger partial charge >= 0.3 is 0 Å². The molecule has 2 aliphatic heterocycles. The molecule has 0 radical (unpaired) electrons. The first-order chi connectivity index (χ1) is 12.6. The molecule has 3 heterocycles. The summed E-state index contributed by atoms with van der Waals surface area (Å²) in [6.07, 6.45) is 3.31. The van der Waals surface area contributed by atoms with Crippen LogP contribution in [0, 0.1) is 5.92 Å². The third-order valence-corrected chi connectivity index (χ3v) is 5.14. The van der Waals surface area contributed by atoms with Gasteiger partial charge in [0.05, 0.1) is 31.0 Å². The molecule has 26 heavy (non-hydrogen) atoms. The van der Waals surface area contributed by atoms with Crippen molar-refractivity contribution in [2.24, 2.45) is 5.92 Å². The largest absolute Gasteiger partial charge is 0.370 e. The Labute approximate surface area is 155 Å². The number of carbonyl (C=O) groups is 2. The number of benzene rings is 1. The molecule has 2 aromatic rings. The molecular formula is C18H19ClN4O3. The maximum Gasteiger partial charge on any atom is 0.228 e. The number of rotatable bonds is 3. The Balaban J connectivity index is 1.43. The third-order valence-electron chi connectivity index (χ3n) is 4.89. The van der Waals surface area contributed by atoms with Crippen LogP contribution in [-0.4, -0.2) is 53.2 Å². The number of hydrogen-bond donors (Lipinski definition) is 1. The van der Waals surface area contributed by atoms with Gasteiger partial charge in [-0.25, -0.2) is 0 Å². The van der Waals surface area contributed by atoms with Gasteiger partial charge in [0.25, 0.3) is 0 Å². The van der Waals surface area contributed by atoms with Crippen LogP contribution >= 0.6 is 11.6 Å². The monoisotopic (exact) mass is 374 g/mol. The summed E-state index contributed by atoms with van der Waals surface area (Å²) in [5.41, 5.74) is 1.70. The van der Waals surface area contributed by atoms with Crippen LogP contribution in [-0.2, 0) is 14.3 Å². The van der Waals surface area contributed by atoms with Crippen LogP contribution in [0.1, 0.15) is 18.1 Å². The van der Waals surface area contributed by atoms with Gasteiger partial charge in [0.15, 0.2) is 0 Å². The molecule has 1 aromatic heterocycles. The Morgan fingerprint density at radius 3 is 2.81 bits per heavy atom. The Kier molecular flexibility index (Phi) is 4.65. The third kappa shape index (κ3) is 3.32. The van der Waals surface area contributed by atoms with E-state index >= 15 is 0 Å². The van der Waals surface area contributed by atoms with Gasteiger partial charge < -0.3 is 14.5 Å². The van der Waals surface area contributed by atoms with E-state index in [0.29, 0.717) is 37.0 Å². The van der Waals surface area contributed by atoms with E-state index < -0.39 is 0 Å². The summed E-state index contributed by atoms with van der Waals surface area (Å²) in [5.74, 6) is -0.375. The molecule has 0 bridgehead atoms. The minimum absolute atomic E-state index is 0.00612. The van der Waals surface area contributed by atoms with E-state index in [1.165, 1.54) is 0 Å². The first-order valence-corrected chi connectivity index (χ1v) is 8.94. The molecule has 1 aromatic carbocycles. The van der Waals surface area contributed by atoms with Crippen LogP contribution in [0.15, 0.2) is 36.7 Å². The first-order valence-electron chi connectivity index (χ1n) is 8.57. The van der Waals surface area contributed by atoms with E-state index in [9.17, 15) is 9.59 Å². The molecule has 0 saturated carbocycles. The molecule has 2 atom stereocenters. The Morgan fingerprint density at radius 1 is 1.27 bits per heavy atom. The maximum absolute atomic E-state index is 12.9. The Hall–Kier alpha value is -2.38. The lowest BCUT2D eigenvalue weighted by Gasteiger charge is -2.34.